The van der Waals surface area contributed by atoms with Crippen molar-refractivity contribution in [2.45, 2.75) is 27.2 Å². The first-order valence-corrected chi connectivity index (χ1v) is 7.19. The van der Waals surface area contributed by atoms with Crippen molar-refractivity contribution < 1.29 is 4.79 Å². The zero-order chi connectivity index (χ0) is 14.8. The van der Waals surface area contributed by atoms with Gasteiger partial charge in [0.25, 0.3) is 0 Å². The van der Waals surface area contributed by atoms with Crippen molar-refractivity contribution in [3.63, 3.8) is 0 Å². The highest BCUT2D eigenvalue weighted by molar-refractivity contribution is 5.92. The van der Waals surface area contributed by atoms with Crippen LogP contribution in [-0.2, 0) is 4.79 Å². The van der Waals surface area contributed by atoms with Gasteiger partial charge in [-0.2, -0.15) is 0 Å². The number of carbonyl (C=O) groups is 1. The fraction of sp³-hybridized carbons (Fsp3) is 0.471. The van der Waals surface area contributed by atoms with Crippen molar-refractivity contribution in [3.05, 3.63) is 35.9 Å². The smallest absolute Gasteiger partial charge is 0.246 e. The fourth-order valence-electron chi connectivity index (χ4n) is 2.60. The molecule has 1 heterocycles. The second kappa shape index (κ2) is 5.70. The number of anilines is 1. The summed E-state index contributed by atoms with van der Waals surface area (Å²) in [7, 11) is 0. The third-order valence-electron chi connectivity index (χ3n) is 4.05. The maximum atomic E-state index is 12.2. The quantitative estimate of drug-likeness (QED) is 0.664. The van der Waals surface area contributed by atoms with Crippen molar-refractivity contribution in [2.24, 2.45) is 11.3 Å². The Hall–Kier alpha value is -1.77. The molecular formula is C17H24N2O. The lowest BCUT2D eigenvalue weighted by atomic mass is 9.80. The average molecular weight is 272 g/mol. The van der Waals surface area contributed by atoms with Gasteiger partial charge in [0.05, 0.1) is 0 Å². The first-order chi connectivity index (χ1) is 9.36. The summed E-state index contributed by atoms with van der Waals surface area (Å²) in [5.41, 5.74) is 7.67. The first kappa shape index (κ1) is 14.6. The summed E-state index contributed by atoms with van der Waals surface area (Å²) in [5, 5.41) is 0. The van der Waals surface area contributed by atoms with Crippen molar-refractivity contribution in [2.75, 3.05) is 18.8 Å². The van der Waals surface area contributed by atoms with Crippen LogP contribution in [0.15, 0.2) is 30.3 Å². The zero-order valence-corrected chi connectivity index (χ0v) is 12.6. The van der Waals surface area contributed by atoms with Crippen LogP contribution in [0.4, 0.5) is 5.69 Å². The van der Waals surface area contributed by atoms with Gasteiger partial charge in [-0.25, -0.2) is 0 Å². The zero-order valence-electron chi connectivity index (χ0n) is 12.6. The molecule has 1 fully saturated rings. The molecule has 1 aliphatic heterocycles. The van der Waals surface area contributed by atoms with Crippen molar-refractivity contribution in [1.29, 1.82) is 0 Å². The van der Waals surface area contributed by atoms with Gasteiger partial charge in [-0.05, 0) is 41.5 Å². The van der Waals surface area contributed by atoms with Gasteiger partial charge in [0.15, 0.2) is 0 Å². The lowest BCUT2D eigenvalue weighted by Crippen LogP contribution is -2.29. The molecule has 108 valence electrons. The van der Waals surface area contributed by atoms with Gasteiger partial charge >= 0.3 is 0 Å². The molecule has 1 atom stereocenters. The second-order valence-corrected chi connectivity index (χ2v) is 6.64. The SMILES string of the molecule is CC(C)(C)C1CCN(C(=O)/C=C/c2cccc(N)c2)C1. The minimum atomic E-state index is 0.0965. The normalized spacial score (nSPS) is 19.8. The van der Waals surface area contributed by atoms with E-state index in [1.807, 2.05) is 35.2 Å². The minimum Gasteiger partial charge on any atom is -0.399 e. The van der Waals surface area contributed by atoms with Crippen LogP contribution in [0.2, 0.25) is 0 Å². The Labute approximate surface area is 121 Å². The number of hydrogen-bond acceptors (Lipinski definition) is 2. The number of carbonyl (C=O) groups excluding carboxylic acids is 1. The topological polar surface area (TPSA) is 46.3 Å². The number of amides is 1. The summed E-state index contributed by atoms with van der Waals surface area (Å²) in [6.45, 7) is 8.46. The van der Waals surface area contributed by atoms with Crippen molar-refractivity contribution in [1.82, 2.24) is 4.90 Å². The number of nitrogens with zero attached hydrogens (tertiary/aromatic N) is 1. The standard InChI is InChI=1S/C17H24N2O/c1-17(2,3)14-9-10-19(12-14)16(20)8-7-13-5-4-6-15(18)11-13/h4-8,11,14H,9-10,12,18H2,1-3H3/b8-7+. The van der Waals surface area contributed by atoms with Gasteiger partial charge in [-0.1, -0.05) is 32.9 Å². The number of nitrogens with two attached hydrogens (primary N) is 1. The molecule has 2 rings (SSSR count). The third-order valence-corrected chi connectivity index (χ3v) is 4.05. The predicted octanol–water partition coefficient (Wildman–Crippen LogP) is 3.18. The van der Waals surface area contributed by atoms with E-state index >= 15 is 0 Å². The lowest BCUT2D eigenvalue weighted by molar-refractivity contribution is -0.125. The molecule has 2 N–H and O–H groups in total. The van der Waals surface area contributed by atoms with Gasteiger partial charge in [0.1, 0.15) is 0 Å². The van der Waals surface area contributed by atoms with E-state index in [4.69, 9.17) is 5.73 Å². The lowest BCUT2D eigenvalue weighted by Gasteiger charge is -2.26. The molecule has 0 aliphatic carbocycles. The molecule has 0 spiro atoms. The summed E-state index contributed by atoms with van der Waals surface area (Å²) in [4.78, 5) is 14.1. The number of rotatable bonds is 2. The van der Waals surface area contributed by atoms with Crippen LogP contribution in [0.3, 0.4) is 0 Å². The van der Waals surface area contributed by atoms with E-state index in [-0.39, 0.29) is 11.3 Å². The highest BCUT2D eigenvalue weighted by Crippen LogP contribution is 2.33. The molecule has 0 radical (unpaired) electrons. The molecule has 1 saturated heterocycles. The molecular weight excluding hydrogens is 248 g/mol. The van der Waals surface area contributed by atoms with E-state index < -0.39 is 0 Å². The summed E-state index contributed by atoms with van der Waals surface area (Å²) < 4.78 is 0. The Bertz CT molecular complexity index is 514. The largest absolute Gasteiger partial charge is 0.399 e. The average Bonchev–Trinajstić information content (AvgIpc) is 2.85. The summed E-state index contributed by atoms with van der Waals surface area (Å²) in [6.07, 6.45) is 4.59. The van der Waals surface area contributed by atoms with E-state index in [9.17, 15) is 4.79 Å². The van der Waals surface area contributed by atoms with Crippen LogP contribution in [0, 0.1) is 11.3 Å². The van der Waals surface area contributed by atoms with Crippen molar-refractivity contribution in [3.8, 4) is 0 Å². The van der Waals surface area contributed by atoms with E-state index in [0.29, 0.717) is 11.6 Å². The van der Waals surface area contributed by atoms with E-state index in [2.05, 4.69) is 20.8 Å². The molecule has 1 unspecified atom stereocenters. The molecule has 0 saturated carbocycles. The summed E-state index contributed by atoms with van der Waals surface area (Å²) >= 11 is 0. The Balaban J connectivity index is 1.96. The molecule has 1 aliphatic rings. The van der Waals surface area contributed by atoms with Crippen LogP contribution in [0.1, 0.15) is 32.8 Å². The monoisotopic (exact) mass is 272 g/mol. The number of nitrogen functional groups attached to an aromatic ring is 1. The Kier molecular flexibility index (Phi) is 4.17. The molecule has 0 bridgehead atoms. The molecule has 20 heavy (non-hydrogen) atoms. The van der Waals surface area contributed by atoms with Gasteiger partial charge in [0, 0.05) is 24.9 Å². The Morgan fingerprint density at radius 1 is 1.40 bits per heavy atom. The number of hydrogen-bond donors (Lipinski definition) is 1. The van der Waals surface area contributed by atoms with Crippen LogP contribution in [-0.4, -0.2) is 23.9 Å². The van der Waals surface area contributed by atoms with Crippen LogP contribution >= 0.6 is 0 Å². The van der Waals surface area contributed by atoms with Crippen LogP contribution < -0.4 is 5.73 Å². The highest BCUT2D eigenvalue weighted by atomic mass is 16.2. The van der Waals surface area contributed by atoms with E-state index in [1.54, 1.807) is 6.08 Å². The number of benzene rings is 1. The molecule has 1 aromatic carbocycles. The Morgan fingerprint density at radius 3 is 2.75 bits per heavy atom. The Morgan fingerprint density at radius 2 is 2.15 bits per heavy atom. The highest BCUT2D eigenvalue weighted by Gasteiger charge is 2.32. The van der Waals surface area contributed by atoms with Crippen LogP contribution in [0.25, 0.3) is 6.08 Å². The van der Waals surface area contributed by atoms with Gasteiger partial charge in [-0.3, -0.25) is 4.79 Å². The first-order valence-electron chi connectivity index (χ1n) is 7.19. The van der Waals surface area contributed by atoms with E-state index in [0.717, 1.165) is 25.1 Å². The van der Waals surface area contributed by atoms with Gasteiger partial charge in [0.2, 0.25) is 5.91 Å². The molecule has 1 amide bonds. The van der Waals surface area contributed by atoms with Crippen molar-refractivity contribution >= 4 is 17.7 Å². The maximum absolute atomic E-state index is 12.2. The van der Waals surface area contributed by atoms with Gasteiger partial charge in [-0.15, -0.1) is 0 Å². The number of likely N-dealkylation sites (tertiary alicyclic amines) is 1. The summed E-state index contributed by atoms with van der Waals surface area (Å²) in [5.74, 6) is 0.686. The van der Waals surface area contributed by atoms with Crippen LogP contribution in [0.5, 0.6) is 0 Å². The van der Waals surface area contributed by atoms with E-state index in [1.165, 1.54) is 0 Å². The molecule has 1 aromatic rings. The molecule has 0 aromatic heterocycles. The maximum Gasteiger partial charge on any atom is 0.246 e. The minimum absolute atomic E-state index is 0.0965. The molecule has 3 nitrogen and oxygen atoms in total. The second-order valence-electron chi connectivity index (χ2n) is 6.64. The predicted molar refractivity (Wildman–Crippen MR) is 84.0 cm³/mol. The fourth-order valence-corrected chi connectivity index (χ4v) is 2.60. The van der Waals surface area contributed by atoms with Gasteiger partial charge < -0.3 is 10.6 Å². The molecule has 3 heteroatoms. The third kappa shape index (κ3) is 3.62. The summed E-state index contributed by atoms with van der Waals surface area (Å²) in [6, 6.07) is 7.55.